The molecule has 2 unspecified atom stereocenters. The summed E-state index contributed by atoms with van der Waals surface area (Å²) in [4.78, 5) is 0. The molecule has 1 aliphatic carbocycles. The van der Waals surface area contributed by atoms with E-state index >= 15 is 0 Å². The molecule has 17 heavy (non-hydrogen) atoms. The van der Waals surface area contributed by atoms with Crippen LogP contribution in [0.1, 0.15) is 30.4 Å². The number of benzene rings is 1. The molecule has 1 aromatic carbocycles. The van der Waals surface area contributed by atoms with Gasteiger partial charge in [0.1, 0.15) is 5.75 Å². The minimum Gasteiger partial charge on any atom is -0.508 e. The predicted molar refractivity (Wildman–Crippen MR) is 68.1 cm³/mol. The molecule has 0 aromatic heterocycles. The smallest absolute Gasteiger partial charge is 0.120 e. The van der Waals surface area contributed by atoms with Crippen LogP contribution in [0, 0.1) is 6.92 Å². The molecule has 1 fully saturated rings. The molecular formula is C14H21NO2. The number of phenolic OH excluding ortho intramolecular Hbond substituents is 1. The molecule has 0 spiro atoms. The van der Waals surface area contributed by atoms with Crippen LogP contribution in [-0.2, 0) is 11.3 Å². The summed E-state index contributed by atoms with van der Waals surface area (Å²) in [6, 6.07) is 6.24. The van der Waals surface area contributed by atoms with Gasteiger partial charge in [-0.3, -0.25) is 0 Å². The highest BCUT2D eigenvalue weighted by Crippen LogP contribution is 2.23. The van der Waals surface area contributed by atoms with Gasteiger partial charge in [0.25, 0.3) is 0 Å². The fourth-order valence-electron chi connectivity index (χ4n) is 2.45. The first-order valence-electron chi connectivity index (χ1n) is 6.23. The second-order valence-electron chi connectivity index (χ2n) is 4.88. The number of hydrogen-bond donors (Lipinski definition) is 2. The highest BCUT2D eigenvalue weighted by molar-refractivity contribution is 5.35. The summed E-state index contributed by atoms with van der Waals surface area (Å²) in [6.07, 6.45) is 3.76. The minimum absolute atomic E-state index is 0.379. The quantitative estimate of drug-likeness (QED) is 0.841. The Labute approximate surface area is 103 Å². The van der Waals surface area contributed by atoms with E-state index in [2.05, 4.69) is 5.32 Å². The van der Waals surface area contributed by atoms with Crippen LogP contribution in [0.4, 0.5) is 0 Å². The SMILES string of the molecule is COC1CCC(NCc2cc(C)ccc2O)C1. The maximum absolute atomic E-state index is 9.74. The van der Waals surface area contributed by atoms with Crippen LogP contribution in [0.15, 0.2) is 18.2 Å². The predicted octanol–water partition coefficient (Wildman–Crippen LogP) is 2.36. The summed E-state index contributed by atoms with van der Waals surface area (Å²) in [5.41, 5.74) is 2.16. The first-order valence-corrected chi connectivity index (χ1v) is 6.23. The van der Waals surface area contributed by atoms with E-state index in [0.29, 0.717) is 17.9 Å². The van der Waals surface area contributed by atoms with Gasteiger partial charge in [-0.2, -0.15) is 0 Å². The zero-order valence-corrected chi connectivity index (χ0v) is 10.6. The standard InChI is InChI=1S/C14H21NO2/c1-10-3-6-14(16)11(7-10)9-15-12-4-5-13(8-12)17-2/h3,6-7,12-13,15-16H,4-5,8-9H2,1-2H3. The summed E-state index contributed by atoms with van der Waals surface area (Å²) >= 11 is 0. The van der Waals surface area contributed by atoms with Crippen molar-refractivity contribution in [1.82, 2.24) is 5.32 Å². The molecule has 2 atom stereocenters. The second kappa shape index (κ2) is 5.52. The molecule has 3 heteroatoms. The fourth-order valence-corrected chi connectivity index (χ4v) is 2.45. The van der Waals surface area contributed by atoms with Crippen molar-refractivity contribution in [1.29, 1.82) is 0 Å². The van der Waals surface area contributed by atoms with Gasteiger partial charge in [0.15, 0.2) is 0 Å². The number of aryl methyl sites for hydroxylation is 1. The van der Waals surface area contributed by atoms with Gasteiger partial charge in [-0.25, -0.2) is 0 Å². The summed E-state index contributed by atoms with van der Waals surface area (Å²) < 4.78 is 5.35. The van der Waals surface area contributed by atoms with Crippen molar-refractivity contribution in [3.8, 4) is 5.75 Å². The number of nitrogens with one attached hydrogen (secondary N) is 1. The first-order chi connectivity index (χ1) is 8.19. The van der Waals surface area contributed by atoms with E-state index in [4.69, 9.17) is 4.74 Å². The van der Waals surface area contributed by atoms with E-state index in [1.807, 2.05) is 19.1 Å². The summed E-state index contributed by atoms with van der Waals surface area (Å²) in [6.45, 7) is 2.77. The molecule has 94 valence electrons. The normalized spacial score (nSPS) is 24.1. The lowest BCUT2D eigenvalue weighted by molar-refractivity contribution is 0.107. The van der Waals surface area contributed by atoms with Crippen LogP contribution in [0.5, 0.6) is 5.75 Å². The topological polar surface area (TPSA) is 41.5 Å². The average Bonchev–Trinajstić information content (AvgIpc) is 2.78. The van der Waals surface area contributed by atoms with E-state index < -0.39 is 0 Å². The largest absolute Gasteiger partial charge is 0.508 e. The van der Waals surface area contributed by atoms with E-state index in [-0.39, 0.29) is 0 Å². The Morgan fingerprint density at radius 1 is 1.41 bits per heavy atom. The molecule has 0 bridgehead atoms. The number of rotatable bonds is 4. The van der Waals surface area contributed by atoms with Crippen LogP contribution in [0.2, 0.25) is 0 Å². The molecular weight excluding hydrogens is 214 g/mol. The number of phenols is 1. The third-order valence-electron chi connectivity index (χ3n) is 3.53. The van der Waals surface area contributed by atoms with Crippen molar-refractivity contribution >= 4 is 0 Å². The zero-order valence-electron chi connectivity index (χ0n) is 10.6. The maximum Gasteiger partial charge on any atom is 0.120 e. The highest BCUT2D eigenvalue weighted by atomic mass is 16.5. The molecule has 1 aromatic rings. The number of hydrogen-bond acceptors (Lipinski definition) is 3. The highest BCUT2D eigenvalue weighted by Gasteiger charge is 2.23. The van der Waals surface area contributed by atoms with Gasteiger partial charge in [0, 0.05) is 25.3 Å². The molecule has 0 radical (unpaired) electrons. The average molecular weight is 235 g/mol. The molecule has 2 rings (SSSR count). The minimum atomic E-state index is 0.379. The molecule has 0 amide bonds. The van der Waals surface area contributed by atoms with Gasteiger partial charge in [0.2, 0.25) is 0 Å². The third-order valence-corrected chi connectivity index (χ3v) is 3.53. The number of ether oxygens (including phenoxy) is 1. The van der Waals surface area contributed by atoms with Crippen molar-refractivity contribution < 1.29 is 9.84 Å². The Kier molecular flexibility index (Phi) is 4.02. The van der Waals surface area contributed by atoms with E-state index in [9.17, 15) is 5.11 Å². The van der Waals surface area contributed by atoms with Gasteiger partial charge in [-0.1, -0.05) is 17.7 Å². The molecule has 2 N–H and O–H groups in total. The van der Waals surface area contributed by atoms with Gasteiger partial charge < -0.3 is 15.2 Å². The van der Waals surface area contributed by atoms with Crippen LogP contribution < -0.4 is 5.32 Å². The van der Waals surface area contributed by atoms with Crippen LogP contribution in [0.25, 0.3) is 0 Å². The van der Waals surface area contributed by atoms with Gasteiger partial charge >= 0.3 is 0 Å². The van der Waals surface area contributed by atoms with Gasteiger partial charge in [-0.15, -0.1) is 0 Å². The van der Waals surface area contributed by atoms with Gasteiger partial charge in [0.05, 0.1) is 6.10 Å². The lowest BCUT2D eigenvalue weighted by Crippen LogP contribution is -2.26. The van der Waals surface area contributed by atoms with Crippen LogP contribution in [-0.4, -0.2) is 24.4 Å². The summed E-state index contributed by atoms with van der Waals surface area (Å²) in [5, 5.41) is 13.2. The van der Waals surface area contributed by atoms with E-state index in [1.165, 1.54) is 5.56 Å². The molecule has 0 aliphatic heterocycles. The van der Waals surface area contributed by atoms with Crippen LogP contribution in [0.3, 0.4) is 0 Å². The van der Waals surface area contributed by atoms with Crippen LogP contribution >= 0.6 is 0 Å². The maximum atomic E-state index is 9.74. The molecule has 1 aliphatic rings. The third kappa shape index (κ3) is 3.20. The van der Waals surface area contributed by atoms with Crippen molar-refractivity contribution in [3.05, 3.63) is 29.3 Å². The lowest BCUT2D eigenvalue weighted by atomic mass is 10.1. The molecule has 0 saturated heterocycles. The Balaban J connectivity index is 1.88. The summed E-state index contributed by atoms with van der Waals surface area (Å²) in [7, 11) is 1.78. The van der Waals surface area contributed by atoms with Crippen molar-refractivity contribution in [2.75, 3.05) is 7.11 Å². The molecule has 3 nitrogen and oxygen atoms in total. The Morgan fingerprint density at radius 2 is 2.24 bits per heavy atom. The first kappa shape index (κ1) is 12.4. The van der Waals surface area contributed by atoms with Gasteiger partial charge in [-0.05, 0) is 32.3 Å². The number of methoxy groups -OCH3 is 1. The van der Waals surface area contributed by atoms with Crippen molar-refractivity contribution in [3.63, 3.8) is 0 Å². The van der Waals surface area contributed by atoms with E-state index in [0.717, 1.165) is 31.4 Å². The molecule has 0 heterocycles. The Bertz CT molecular complexity index is 378. The Hall–Kier alpha value is -1.06. The monoisotopic (exact) mass is 235 g/mol. The van der Waals surface area contributed by atoms with E-state index in [1.54, 1.807) is 13.2 Å². The zero-order chi connectivity index (χ0) is 12.3. The lowest BCUT2D eigenvalue weighted by Gasteiger charge is -2.14. The second-order valence-corrected chi connectivity index (χ2v) is 4.88. The van der Waals surface area contributed by atoms with Crippen molar-refractivity contribution in [2.24, 2.45) is 0 Å². The molecule has 1 saturated carbocycles. The van der Waals surface area contributed by atoms with Crippen molar-refractivity contribution in [2.45, 2.75) is 44.9 Å². The Morgan fingerprint density at radius 3 is 2.94 bits per heavy atom. The fraction of sp³-hybridized carbons (Fsp3) is 0.571. The summed E-state index contributed by atoms with van der Waals surface area (Å²) in [5.74, 6) is 0.379. The number of aromatic hydroxyl groups is 1.